The van der Waals surface area contributed by atoms with E-state index in [0.29, 0.717) is 0 Å². The average Bonchev–Trinajstić information content (AvgIpc) is 3.07. The number of aromatic amines is 1. The van der Waals surface area contributed by atoms with Crippen molar-refractivity contribution >= 4 is 34.1 Å². The normalized spacial score (nSPS) is 12.2. The number of fused-ring (bicyclic) bond motifs is 1. The van der Waals surface area contributed by atoms with E-state index < -0.39 is 0 Å². The van der Waals surface area contributed by atoms with Gasteiger partial charge in [-0.25, -0.2) is 9.97 Å². The van der Waals surface area contributed by atoms with E-state index in [-0.39, 0.29) is 6.04 Å². The van der Waals surface area contributed by atoms with Crippen molar-refractivity contribution in [1.82, 2.24) is 15.0 Å². The van der Waals surface area contributed by atoms with Gasteiger partial charge in [0.1, 0.15) is 17.8 Å². The van der Waals surface area contributed by atoms with E-state index >= 15 is 0 Å². The van der Waals surface area contributed by atoms with E-state index in [4.69, 9.17) is 17.3 Å². The van der Waals surface area contributed by atoms with E-state index in [1.165, 1.54) is 0 Å². The fraction of sp³-hybridized carbons (Fsp3) is 0.100. The highest BCUT2D eigenvalue weighted by Gasteiger charge is 2.12. The Labute approximate surface area is 156 Å². The molecule has 0 radical (unpaired) electrons. The van der Waals surface area contributed by atoms with Gasteiger partial charge >= 0.3 is 0 Å². The van der Waals surface area contributed by atoms with Gasteiger partial charge in [0.15, 0.2) is 0 Å². The van der Waals surface area contributed by atoms with Gasteiger partial charge < -0.3 is 16.0 Å². The summed E-state index contributed by atoms with van der Waals surface area (Å²) in [6.07, 6.45) is 1.55. The molecule has 4 aromatic rings. The third-order valence-electron chi connectivity index (χ3n) is 4.35. The van der Waals surface area contributed by atoms with Crippen LogP contribution in [0.3, 0.4) is 0 Å². The molecule has 4 rings (SSSR count). The van der Waals surface area contributed by atoms with Crippen LogP contribution in [0.25, 0.3) is 22.3 Å². The van der Waals surface area contributed by atoms with Gasteiger partial charge in [-0.1, -0.05) is 35.9 Å². The third-order valence-corrected chi connectivity index (χ3v) is 4.58. The minimum Gasteiger partial charge on any atom is -0.399 e. The van der Waals surface area contributed by atoms with Gasteiger partial charge in [-0.05, 0) is 48.4 Å². The summed E-state index contributed by atoms with van der Waals surface area (Å²) in [4.78, 5) is 12.1. The van der Waals surface area contributed by atoms with Gasteiger partial charge in [-0.2, -0.15) is 0 Å². The van der Waals surface area contributed by atoms with Crippen LogP contribution in [-0.2, 0) is 0 Å². The van der Waals surface area contributed by atoms with Gasteiger partial charge in [0.25, 0.3) is 0 Å². The molecule has 0 amide bonds. The van der Waals surface area contributed by atoms with E-state index in [1.54, 1.807) is 6.33 Å². The van der Waals surface area contributed by atoms with Crippen LogP contribution in [0.2, 0.25) is 5.02 Å². The predicted octanol–water partition coefficient (Wildman–Crippen LogP) is 5.03. The first-order chi connectivity index (χ1) is 12.6. The Morgan fingerprint density at radius 2 is 1.88 bits per heavy atom. The van der Waals surface area contributed by atoms with Crippen LogP contribution in [0.4, 0.5) is 11.5 Å². The molecule has 0 aliphatic carbocycles. The van der Waals surface area contributed by atoms with Crippen molar-refractivity contribution in [3.63, 3.8) is 0 Å². The summed E-state index contributed by atoms with van der Waals surface area (Å²) in [6, 6.07) is 17.6. The van der Waals surface area contributed by atoms with E-state index in [1.807, 2.05) is 54.6 Å². The summed E-state index contributed by atoms with van der Waals surface area (Å²) in [5.74, 6) is 0.778. The molecule has 1 unspecified atom stereocenters. The number of hydrogen-bond acceptors (Lipinski definition) is 4. The Morgan fingerprint density at radius 1 is 1.08 bits per heavy atom. The maximum absolute atomic E-state index is 6.10. The molecule has 5 nitrogen and oxygen atoms in total. The number of nitrogens with zero attached hydrogens (tertiary/aromatic N) is 2. The maximum Gasteiger partial charge on any atom is 0.143 e. The molecule has 1 atom stereocenters. The lowest BCUT2D eigenvalue weighted by atomic mass is 10.1. The van der Waals surface area contributed by atoms with Crippen LogP contribution in [-0.4, -0.2) is 15.0 Å². The highest BCUT2D eigenvalue weighted by molar-refractivity contribution is 6.30. The number of nitrogens with one attached hydrogen (secondary N) is 2. The molecule has 130 valence electrons. The van der Waals surface area contributed by atoms with Crippen LogP contribution in [0.5, 0.6) is 0 Å². The lowest BCUT2D eigenvalue weighted by molar-refractivity contribution is 0.876. The molecule has 6 heteroatoms. The molecule has 0 aliphatic heterocycles. The molecule has 0 fully saturated rings. The maximum atomic E-state index is 6.10. The topological polar surface area (TPSA) is 79.6 Å². The zero-order valence-electron chi connectivity index (χ0n) is 14.2. The smallest absolute Gasteiger partial charge is 0.143 e. The number of halogens is 1. The molecule has 2 aromatic carbocycles. The van der Waals surface area contributed by atoms with Crippen molar-refractivity contribution in [3.8, 4) is 11.3 Å². The van der Waals surface area contributed by atoms with Crippen LogP contribution in [0.15, 0.2) is 60.9 Å². The van der Waals surface area contributed by atoms with Crippen LogP contribution >= 0.6 is 11.6 Å². The lowest BCUT2D eigenvalue weighted by Crippen LogP contribution is -2.08. The van der Waals surface area contributed by atoms with E-state index in [2.05, 4.69) is 27.2 Å². The van der Waals surface area contributed by atoms with Crippen LogP contribution in [0, 0.1) is 0 Å². The second-order valence-corrected chi connectivity index (χ2v) is 6.65. The fourth-order valence-electron chi connectivity index (χ4n) is 2.94. The van der Waals surface area contributed by atoms with Gasteiger partial charge in [0.05, 0.1) is 11.4 Å². The largest absolute Gasteiger partial charge is 0.399 e. The summed E-state index contributed by atoms with van der Waals surface area (Å²) < 4.78 is 0. The third kappa shape index (κ3) is 3.21. The predicted molar refractivity (Wildman–Crippen MR) is 107 cm³/mol. The van der Waals surface area contributed by atoms with Crippen molar-refractivity contribution in [2.75, 3.05) is 11.1 Å². The molecule has 0 saturated heterocycles. The van der Waals surface area contributed by atoms with Gasteiger partial charge in [0, 0.05) is 16.4 Å². The molecule has 2 heterocycles. The first kappa shape index (κ1) is 16.4. The number of rotatable bonds is 4. The van der Waals surface area contributed by atoms with Gasteiger partial charge in [-0.15, -0.1) is 0 Å². The minimum absolute atomic E-state index is 0.0571. The number of hydrogen-bond donors (Lipinski definition) is 3. The highest BCUT2D eigenvalue weighted by atomic mass is 35.5. The van der Waals surface area contributed by atoms with Crippen molar-refractivity contribution in [2.24, 2.45) is 0 Å². The quantitative estimate of drug-likeness (QED) is 0.444. The summed E-state index contributed by atoms with van der Waals surface area (Å²) in [6.45, 7) is 2.08. The Morgan fingerprint density at radius 3 is 2.65 bits per heavy atom. The summed E-state index contributed by atoms with van der Waals surface area (Å²) in [7, 11) is 0. The standard InChI is InChI=1S/C20H18ClN5/c1-12(14-3-2-4-15(21)9-14)25-19-17-10-18(26-20(17)24-11-23-19)13-5-7-16(22)8-6-13/h2-12H,22H2,1H3,(H2,23,24,25,26). The fourth-order valence-corrected chi connectivity index (χ4v) is 3.14. The molecule has 0 spiro atoms. The molecule has 2 aromatic heterocycles. The van der Waals surface area contributed by atoms with E-state index in [9.17, 15) is 0 Å². The Bertz CT molecular complexity index is 1060. The monoisotopic (exact) mass is 363 g/mol. The number of anilines is 2. The van der Waals surface area contributed by atoms with Crippen molar-refractivity contribution < 1.29 is 0 Å². The molecule has 4 N–H and O–H groups in total. The second kappa shape index (κ2) is 6.69. The van der Waals surface area contributed by atoms with Crippen LogP contribution in [0.1, 0.15) is 18.5 Å². The van der Waals surface area contributed by atoms with Gasteiger partial charge in [-0.3, -0.25) is 0 Å². The molecule has 0 saturated carbocycles. The number of aromatic nitrogens is 3. The van der Waals surface area contributed by atoms with Gasteiger partial charge in [0.2, 0.25) is 0 Å². The van der Waals surface area contributed by atoms with E-state index in [0.717, 1.165) is 44.4 Å². The average molecular weight is 364 g/mol. The summed E-state index contributed by atoms with van der Waals surface area (Å²) in [5.41, 5.74) is 10.4. The summed E-state index contributed by atoms with van der Waals surface area (Å²) >= 11 is 6.10. The lowest BCUT2D eigenvalue weighted by Gasteiger charge is -2.15. The Hall–Kier alpha value is -3.05. The first-order valence-electron chi connectivity index (χ1n) is 8.32. The summed E-state index contributed by atoms with van der Waals surface area (Å²) in [5, 5.41) is 5.11. The molecule has 0 bridgehead atoms. The highest BCUT2D eigenvalue weighted by Crippen LogP contribution is 2.29. The number of H-pyrrole nitrogens is 1. The minimum atomic E-state index is 0.0571. The molecule has 26 heavy (non-hydrogen) atoms. The second-order valence-electron chi connectivity index (χ2n) is 6.21. The Balaban J connectivity index is 1.68. The molecular formula is C20H18ClN5. The molecule has 0 aliphatic rings. The number of nitrogens with two attached hydrogens (primary N) is 1. The SMILES string of the molecule is CC(Nc1ncnc2[nH]c(-c3ccc(N)cc3)cc12)c1cccc(Cl)c1. The molecular weight excluding hydrogens is 346 g/mol. The number of benzene rings is 2. The number of nitrogen functional groups attached to an aromatic ring is 1. The first-order valence-corrected chi connectivity index (χ1v) is 8.69. The zero-order chi connectivity index (χ0) is 18.1. The van der Waals surface area contributed by atoms with Crippen LogP contribution < -0.4 is 11.1 Å². The van der Waals surface area contributed by atoms with Crippen molar-refractivity contribution in [1.29, 1.82) is 0 Å². The van der Waals surface area contributed by atoms with Crippen molar-refractivity contribution in [3.05, 3.63) is 71.5 Å². The Kier molecular flexibility index (Phi) is 4.22. The van der Waals surface area contributed by atoms with Crippen molar-refractivity contribution in [2.45, 2.75) is 13.0 Å². The zero-order valence-corrected chi connectivity index (χ0v) is 15.0.